The highest BCUT2D eigenvalue weighted by molar-refractivity contribution is 6.73. The maximum atomic E-state index is 5.44. The lowest BCUT2D eigenvalue weighted by atomic mass is 10.2. The molecule has 0 unspecified atom stereocenters. The molecule has 80 valence electrons. The molecule has 0 aromatic carbocycles. The second-order valence-electron chi connectivity index (χ2n) is 4.45. The fraction of sp³-hybridized carbons (Fsp3) is 0.667. The largest absolute Gasteiger partial charge is 0.330 e. The van der Waals surface area contributed by atoms with Gasteiger partial charge in [0.15, 0.2) is 8.24 Å². The van der Waals surface area contributed by atoms with Crippen LogP contribution in [0.25, 0.3) is 0 Å². The molecule has 0 bridgehead atoms. The average Bonchev–Trinajstić information content (AvgIpc) is 2.14. The second kappa shape index (κ2) is 4.61. The number of hydrazine groups is 1. The van der Waals surface area contributed by atoms with Crippen LogP contribution in [0.4, 0.5) is 0 Å². The Kier molecular flexibility index (Phi) is 3.71. The molecule has 1 rings (SSSR count). The number of nitrogens with zero attached hydrogens (tertiary/aromatic N) is 2. The zero-order chi connectivity index (χ0) is 10.6. The van der Waals surface area contributed by atoms with Crippen molar-refractivity contribution >= 4 is 13.9 Å². The third kappa shape index (κ3) is 3.15. The first-order chi connectivity index (χ1) is 6.54. The topological polar surface area (TPSA) is 53.6 Å². The Hall–Kier alpha value is -0.813. The van der Waals surface area contributed by atoms with Gasteiger partial charge < -0.3 is 10.4 Å². The van der Waals surface area contributed by atoms with Crippen LogP contribution < -0.4 is 11.3 Å². The number of allylic oxidation sites excluding steroid dienone is 1. The molecule has 1 heterocycles. The fourth-order valence-corrected chi connectivity index (χ4v) is 2.02. The lowest BCUT2D eigenvalue weighted by Crippen LogP contribution is -2.50. The van der Waals surface area contributed by atoms with E-state index in [1.54, 1.807) is 0 Å². The maximum Gasteiger partial charge on any atom is 0.175 e. The summed E-state index contributed by atoms with van der Waals surface area (Å²) in [6, 6.07) is 0. The molecular weight excluding hydrogens is 192 g/mol. The first-order valence-corrected chi connectivity index (χ1v) is 8.48. The molecule has 0 aromatic rings. The van der Waals surface area contributed by atoms with Gasteiger partial charge in [0.2, 0.25) is 0 Å². The van der Waals surface area contributed by atoms with Crippen molar-refractivity contribution < 1.29 is 0 Å². The van der Waals surface area contributed by atoms with Crippen LogP contribution in [0.1, 0.15) is 12.8 Å². The Morgan fingerprint density at radius 1 is 1.50 bits per heavy atom. The number of rotatable bonds is 4. The zero-order valence-electron chi connectivity index (χ0n) is 9.25. The van der Waals surface area contributed by atoms with Gasteiger partial charge in [0.25, 0.3) is 0 Å². The van der Waals surface area contributed by atoms with Gasteiger partial charge in [-0.1, -0.05) is 0 Å². The molecule has 3 N–H and O–H groups in total. The Morgan fingerprint density at radius 2 is 2.21 bits per heavy atom. The van der Waals surface area contributed by atoms with Gasteiger partial charge in [-0.25, -0.2) is 5.53 Å². The summed E-state index contributed by atoms with van der Waals surface area (Å²) >= 11 is 0. The molecule has 5 heteroatoms. The highest BCUT2D eigenvalue weighted by atomic mass is 28.3. The first-order valence-electron chi connectivity index (χ1n) is 5.04. The standard InChI is InChI=1S/C9H20N4Si/c1-14(2,3)13-8-6-9(11-12-13)5-4-7-10/h6,8,12H,4-5,7,10H2,1-3H3. The normalized spacial score (nSPS) is 16.6. The van der Waals surface area contributed by atoms with E-state index in [0.29, 0.717) is 0 Å². The Balaban J connectivity index is 2.45. The number of hydrazone groups is 1. The summed E-state index contributed by atoms with van der Waals surface area (Å²) in [4.78, 5) is 0. The summed E-state index contributed by atoms with van der Waals surface area (Å²) < 4.78 is 2.12. The van der Waals surface area contributed by atoms with Crippen molar-refractivity contribution in [1.29, 1.82) is 0 Å². The second-order valence-corrected chi connectivity index (χ2v) is 9.28. The van der Waals surface area contributed by atoms with Crippen molar-refractivity contribution in [2.45, 2.75) is 32.5 Å². The molecule has 1 aliphatic heterocycles. The maximum absolute atomic E-state index is 5.44. The molecule has 0 atom stereocenters. The van der Waals surface area contributed by atoms with Crippen LogP contribution in [0.5, 0.6) is 0 Å². The van der Waals surface area contributed by atoms with Gasteiger partial charge in [0.1, 0.15) is 0 Å². The Morgan fingerprint density at radius 3 is 2.64 bits per heavy atom. The zero-order valence-corrected chi connectivity index (χ0v) is 10.2. The summed E-state index contributed by atoms with van der Waals surface area (Å²) in [5.41, 5.74) is 9.60. The fourth-order valence-electron chi connectivity index (χ4n) is 1.15. The van der Waals surface area contributed by atoms with Crippen molar-refractivity contribution in [3.8, 4) is 0 Å². The summed E-state index contributed by atoms with van der Waals surface area (Å²) in [5.74, 6) is 0. The molecule has 4 nitrogen and oxygen atoms in total. The Bertz CT molecular complexity index is 242. The summed E-state index contributed by atoms with van der Waals surface area (Å²) in [6.07, 6.45) is 6.12. The van der Waals surface area contributed by atoms with E-state index >= 15 is 0 Å². The van der Waals surface area contributed by atoms with Crippen LogP contribution in [0.3, 0.4) is 0 Å². The van der Waals surface area contributed by atoms with E-state index in [9.17, 15) is 0 Å². The lowest BCUT2D eigenvalue weighted by molar-refractivity contribution is 0.417. The van der Waals surface area contributed by atoms with E-state index in [0.717, 1.165) is 25.1 Å². The predicted molar refractivity (Wildman–Crippen MR) is 63.2 cm³/mol. The summed E-state index contributed by atoms with van der Waals surface area (Å²) in [6.45, 7) is 7.53. The van der Waals surface area contributed by atoms with Crippen molar-refractivity contribution in [1.82, 2.24) is 10.2 Å². The number of nitrogens with one attached hydrogen (secondary N) is 1. The molecule has 1 aliphatic rings. The van der Waals surface area contributed by atoms with Crippen molar-refractivity contribution in [3.63, 3.8) is 0 Å². The third-order valence-corrected chi connectivity index (χ3v) is 3.77. The van der Waals surface area contributed by atoms with Crippen LogP contribution in [0.2, 0.25) is 19.6 Å². The van der Waals surface area contributed by atoms with E-state index in [1.807, 2.05) is 0 Å². The molecule has 0 amide bonds. The van der Waals surface area contributed by atoms with Crippen LogP contribution in [-0.2, 0) is 0 Å². The van der Waals surface area contributed by atoms with E-state index in [1.165, 1.54) is 0 Å². The molecule has 0 aromatic heterocycles. The van der Waals surface area contributed by atoms with Gasteiger partial charge >= 0.3 is 0 Å². The van der Waals surface area contributed by atoms with E-state index in [-0.39, 0.29) is 0 Å². The minimum absolute atomic E-state index is 0.727. The minimum atomic E-state index is -1.31. The molecule has 0 fully saturated rings. The lowest BCUT2D eigenvalue weighted by Gasteiger charge is -2.33. The highest BCUT2D eigenvalue weighted by Crippen LogP contribution is 2.10. The van der Waals surface area contributed by atoms with E-state index in [2.05, 4.69) is 47.2 Å². The summed E-state index contributed by atoms with van der Waals surface area (Å²) in [7, 11) is -1.31. The average molecular weight is 212 g/mol. The number of nitrogens with two attached hydrogens (primary N) is 1. The van der Waals surface area contributed by atoms with Crippen LogP contribution in [-0.4, -0.2) is 25.2 Å². The number of hydrogen-bond donors (Lipinski definition) is 2. The number of hydrogen-bond acceptors (Lipinski definition) is 4. The van der Waals surface area contributed by atoms with Crippen LogP contribution in [0.15, 0.2) is 17.4 Å². The minimum Gasteiger partial charge on any atom is -0.330 e. The third-order valence-electron chi connectivity index (χ3n) is 2.08. The highest BCUT2D eigenvalue weighted by Gasteiger charge is 2.22. The first kappa shape index (κ1) is 11.3. The van der Waals surface area contributed by atoms with Gasteiger partial charge in [-0.05, 0) is 45.1 Å². The summed E-state index contributed by atoms with van der Waals surface area (Å²) in [5, 5.41) is 4.30. The van der Waals surface area contributed by atoms with Gasteiger partial charge in [-0.3, -0.25) is 0 Å². The molecule has 0 saturated heterocycles. The molecule has 0 saturated carbocycles. The van der Waals surface area contributed by atoms with Gasteiger partial charge in [0.05, 0.1) is 5.71 Å². The van der Waals surface area contributed by atoms with Gasteiger partial charge in [-0.15, -0.1) is 0 Å². The SMILES string of the molecule is C[Si](C)(C)N1C=CC(CCCN)=NN1. The molecule has 0 spiro atoms. The quantitative estimate of drug-likeness (QED) is 0.690. The molecular formula is C9H20N4Si. The van der Waals surface area contributed by atoms with Gasteiger partial charge in [-0.2, -0.15) is 5.10 Å². The molecule has 14 heavy (non-hydrogen) atoms. The Labute approximate surface area is 86.9 Å². The van der Waals surface area contributed by atoms with Crippen LogP contribution >= 0.6 is 0 Å². The molecule has 0 aliphatic carbocycles. The van der Waals surface area contributed by atoms with E-state index < -0.39 is 8.24 Å². The van der Waals surface area contributed by atoms with Crippen LogP contribution in [0, 0.1) is 0 Å². The molecule has 0 radical (unpaired) electrons. The van der Waals surface area contributed by atoms with Crippen molar-refractivity contribution in [3.05, 3.63) is 12.3 Å². The van der Waals surface area contributed by atoms with Gasteiger partial charge in [0, 0.05) is 6.20 Å². The van der Waals surface area contributed by atoms with Crippen molar-refractivity contribution in [2.75, 3.05) is 6.54 Å². The monoisotopic (exact) mass is 212 g/mol. The van der Waals surface area contributed by atoms with Crippen molar-refractivity contribution in [2.24, 2.45) is 10.8 Å². The van der Waals surface area contributed by atoms with E-state index in [4.69, 9.17) is 5.73 Å². The smallest absolute Gasteiger partial charge is 0.175 e. The predicted octanol–water partition coefficient (Wildman–Crippen LogP) is 1.25.